The fraction of sp³-hybridized carbons (Fsp3) is 0.250. The topological polar surface area (TPSA) is 126 Å². The number of imidazole rings is 1. The summed E-state index contributed by atoms with van der Waals surface area (Å²) in [5.41, 5.74) is 9.11. The summed E-state index contributed by atoms with van der Waals surface area (Å²) in [6.45, 7) is 3.16. The lowest BCUT2D eigenvalue weighted by molar-refractivity contribution is 0.0437. The highest BCUT2D eigenvalue weighted by Crippen LogP contribution is 2.23. The van der Waals surface area contributed by atoms with Crippen molar-refractivity contribution in [1.29, 1.82) is 10.8 Å². The molecule has 3 heterocycles. The third-order valence-electron chi connectivity index (χ3n) is 5.75. The van der Waals surface area contributed by atoms with E-state index in [1.165, 1.54) is 6.07 Å². The normalized spacial score (nSPS) is 14.5. The minimum atomic E-state index is -0.436. The quantitative estimate of drug-likeness (QED) is 0.310. The summed E-state index contributed by atoms with van der Waals surface area (Å²) in [4.78, 5) is 10.9. The van der Waals surface area contributed by atoms with Crippen molar-refractivity contribution in [3.05, 3.63) is 71.3 Å². The molecule has 34 heavy (non-hydrogen) atoms. The van der Waals surface area contributed by atoms with Crippen molar-refractivity contribution in [1.82, 2.24) is 19.3 Å². The third kappa shape index (κ3) is 4.45. The average molecular weight is 462 g/mol. The summed E-state index contributed by atoms with van der Waals surface area (Å²) in [6.07, 6.45) is 2.33. The molecule has 4 aromatic rings. The van der Waals surface area contributed by atoms with Crippen LogP contribution in [0.2, 0.25) is 0 Å². The molecule has 2 aromatic heterocycles. The van der Waals surface area contributed by atoms with Gasteiger partial charge in [-0.1, -0.05) is 18.2 Å². The Labute approximate surface area is 195 Å². The molecular formula is C24H24FN7O2. The Morgan fingerprint density at radius 3 is 2.62 bits per heavy atom. The summed E-state index contributed by atoms with van der Waals surface area (Å²) in [5.74, 6) is -0.290. The predicted molar refractivity (Wildman–Crippen MR) is 127 cm³/mol. The van der Waals surface area contributed by atoms with E-state index in [1.807, 2.05) is 12.1 Å². The first-order chi connectivity index (χ1) is 16.5. The number of anilines is 1. The van der Waals surface area contributed by atoms with Gasteiger partial charge in [0.15, 0.2) is 0 Å². The zero-order valence-corrected chi connectivity index (χ0v) is 18.4. The Morgan fingerprint density at radius 2 is 1.85 bits per heavy atom. The second kappa shape index (κ2) is 9.16. The molecule has 1 saturated heterocycles. The van der Waals surface area contributed by atoms with Crippen LogP contribution in [0.5, 0.6) is 0 Å². The number of fused-ring (bicyclic) bond motifs is 3. The van der Waals surface area contributed by atoms with Gasteiger partial charge in [-0.3, -0.25) is 20.1 Å². The number of nitrogens with two attached hydrogens (primary N) is 1. The van der Waals surface area contributed by atoms with E-state index in [0.29, 0.717) is 42.8 Å². The number of hydrogen-bond acceptors (Lipinski definition) is 8. The highest BCUT2D eigenvalue weighted by atomic mass is 19.1. The number of hydrogen-bond donors (Lipinski definition) is 3. The van der Waals surface area contributed by atoms with Crippen LogP contribution in [0.3, 0.4) is 0 Å². The van der Waals surface area contributed by atoms with Gasteiger partial charge in [-0.25, -0.2) is 14.4 Å². The second-order valence-corrected chi connectivity index (χ2v) is 8.15. The Bertz CT molecular complexity index is 1380. The molecule has 1 aliphatic rings. The fourth-order valence-corrected chi connectivity index (χ4v) is 4.02. The smallest absolute Gasteiger partial charge is 0.220 e. The van der Waals surface area contributed by atoms with E-state index < -0.39 is 5.82 Å². The maximum Gasteiger partial charge on any atom is 0.220 e. The summed E-state index contributed by atoms with van der Waals surface area (Å²) in [6, 6.07) is 12.1. The Hall–Kier alpha value is -3.89. The SMILES string of the molecule is N=C(CN1CCOCC1)OC(=N)c1ccc(Cc2cn3c(N)nc4c(F)cccc4c3n2)cc1. The maximum absolute atomic E-state index is 14.1. The highest BCUT2D eigenvalue weighted by Gasteiger charge is 2.16. The molecule has 0 spiro atoms. The highest BCUT2D eigenvalue weighted by molar-refractivity contribution is 5.99. The second-order valence-electron chi connectivity index (χ2n) is 8.15. The molecule has 2 aromatic carbocycles. The summed E-state index contributed by atoms with van der Waals surface area (Å²) in [5, 5.41) is 16.8. The van der Waals surface area contributed by atoms with Crippen LogP contribution in [-0.4, -0.2) is 63.9 Å². The Balaban J connectivity index is 1.28. The van der Waals surface area contributed by atoms with Crippen LogP contribution in [0.1, 0.15) is 16.8 Å². The molecule has 0 amide bonds. The van der Waals surface area contributed by atoms with Gasteiger partial charge < -0.3 is 15.2 Å². The summed E-state index contributed by atoms with van der Waals surface area (Å²) < 4.78 is 26.5. The molecule has 5 rings (SSSR count). The molecule has 0 aliphatic carbocycles. The zero-order chi connectivity index (χ0) is 23.7. The van der Waals surface area contributed by atoms with Crippen LogP contribution < -0.4 is 5.73 Å². The minimum Gasteiger partial charge on any atom is -0.424 e. The van der Waals surface area contributed by atoms with Gasteiger partial charge in [0, 0.05) is 36.7 Å². The van der Waals surface area contributed by atoms with Crippen LogP contribution >= 0.6 is 0 Å². The van der Waals surface area contributed by atoms with Crippen LogP contribution in [0, 0.1) is 16.6 Å². The van der Waals surface area contributed by atoms with Gasteiger partial charge in [0.25, 0.3) is 0 Å². The summed E-state index contributed by atoms with van der Waals surface area (Å²) >= 11 is 0. The van der Waals surface area contributed by atoms with Gasteiger partial charge in [0.2, 0.25) is 17.7 Å². The molecule has 0 bridgehead atoms. The van der Waals surface area contributed by atoms with E-state index in [2.05, 4.69) is 14.9 Å². The number of nitrogens with one attached hydrogen (secondary N) is 2. The van der Waals surface area contributed by atoms with Crippen molar-refractivity contribution >= 4 is 34.3 Å². The number of benzene rings is 2. The lowest BCUT2D eigenvalue weighted by Gasteiger charge is -2.26. The largest absolute Gasteiger partial charge is 0.424 e. The molecule has 1 fully saturated rings. The number of ether oxygens (including phenoxy) is 2. The van der Waals surface area contributed by atoms with E-state index in [0.717, 1.165) is 24.3 Å². The van der Waals surface area contributed by atoms with E-state index in [1.54, 1.807) is 34.9 Å². The van der Waals surface area contributed by atoms with E-state index in [9.17, 15) is 4.39 Å². The molecule has 0 unspecified atom stereocenters. The predicted octanol–water partition coefficient (Wildman–Crippen LogP) is 2.85. The molecule has 0 radical (unpaired) electrons. The average Bonchev–Trinajstić information content (AvgIpc) is 3.25. The lowest BCUT2D eigenvalue weighted by atomic mass is 10.1. The standard InChI is InChI=1S/C24H24FN7O2/c25-19-3-1-2-18-21(19)30-24(28)32-13-17(29-23(18)32)12-15-4-6-16(7-5-15)22(27)34-20(26)14-31-8-10-33-11-9-31/h1-7,13,26-27H,8-12,14H2,(H2,28,30). The fourth-order valence-electron chi connectivity index (χ4n) is 4.02. The van der Waals surface area contributed by atoms with E-state index in [-0.39, 0.29) is 23.3 Å². The van der Waals surface area contributed by atoms with Crippen LogP contribution in [0.25, 0.3) is 16.6 Å². The van der Waals surface area contributed by atoms with Crippen molar-refractivity contribution < 1.29 is 13.9 Å². The first-order valence-electron chi connectivity index (χ1n) is 10.9. The third-order valence-corrected chi connectivity index (χ3v) is 5.75. The van der Waals surface area contributed by atoms with Gasteiger partial charge in [-0.15, -0.1) is 0 Å². The Morgan fingerprint density at radius 1 is 1.09 bits per heavy atom. The van der Waals surface area contributed by atoms with Gasteiger partial charge in [-0.05, 0) is 29.8 Å². The Kier molecular flexibility index (Phi) is 5.91. The molecule has 10 heteroatoms. The number of nitrogens with zero attached hydrogens (tertiary/aromatic N) is 4. The molecule has 174 valence electrons. The van der Waals surface area contributed by atoms with E-state index in [4.69, 9.17) is 26.0 Å². The minimum absolute atomic E-state index is 0.0375. The molecular weight excluding hydrogens is 437 g/mol. The number of morpholine rings is 1. The zero-order valence-electron chi connectivity index (χ0n) is 18.4. The monoisotopic (exact) mass is 461 g/mol. The van der Waals surface area contributed by atoms with Crippen molar-refractivity contribution in [3.63, 3.8) is 0 Å². The molecule has 0 atom stereocenters. The molecule has 4 N–H and O–H groups in total. The number of aromatic nitrogens is 3. The van der Waals surface area contributed by atoms with Crippen molar-refractivity contribution in [2.45, 2.75) is 6.42 Å². The first-order valence-corrected chi connectivity index (χ1v) is 10.9. The lowest BCUT2D eigenvalue weighted by Crippen LogP contribution is -2.40. The summed E-state index contributed by atoms with van der Waals surface area (Å²) in [7, 11) is 0. The molecule has 9 nitrogen and oxygen atoms in total. The molecule has 0 saturated carbocycles. The van der Waals surface area contributed by atoms with Crippen molar-refractivity contribution in [2.24, 2.45) is 0 Å². The van der Waals surface area contributed by atoms with Gasteiger partial charge in [-0.2, -0.15) is 0 Å². The number of nitrogen functional groups attached to an aromatic ring is 1. The van der Waals surface area contributed by atoms with Gasteiger partial charge in [0.1, 0.15) is 17.0 Å². The maximum atomic E-state index is 14.1. The number of rotatable bonds is 5. The first kappa shape index (κ1) is 21.9. The van der Waals surface area contributed by atoms with Crippen LogP contribution in [0.15, 0.2) is 48.7 Å². The van der Waals surface area contributed by atoms with Crippen LogP contribution in [0.4, 0.5) is 10.3 Å². The van der Waals surface area contributed by atoms with Crippen molar-refractivity contribution in [3.8, 4) is 0 Å². The van der Waals surface area contributed by atoms with Gasteiger partial charge >= 0.3 is 0 Å². The van der Waals surface area contributed by atoms with E-state index >= 15 is 0 Å². The molecule has 1 aliphatic heterocycles. The number of halogens is 1. The number of para-hydroxylation sites is 1. The van der Waals surface area contributed by atoms with Gasteiger partial charge in [0.05, 0.1) is 25.5 Å². The van der Waals surface area contributed by atoms with Crippen LogP contribution in [-0.2, 0) is 15.9 Å². The van der Waals surface area contributed by atoms with Crippen molar-refractivity contribution in [2.75, 3.05) is 38.6 Å².